The van der Waals surface area contributed by atoms with Crippen LogP contribution in [0.3, 0.4) is 0 Å². The minimum Gasteiger partial charge on any atom is -0.379 e. The molecule has 0 amide bonds. The molecule has 0 radical (unpaired) electrons. The van der Waals surface area contributed by atoms with Gasteiger partial charge in [0.2, 0.25) is 0 Å². The molecule has 0 unspecified atom stereocenters. The van der Waals surface area contributed by atoms with Crippen LogP contribution in [0.1, 0.15) is 79.1 Å². The van der Waals surface area contributed by atoms with Gasteiger partial charge in [-0.15, -0.1) is 0 Å². The maximum absolute atomic E-state index is 11.6. The fourth-order valence-electron chi connectivity index (χ4n) is 2.18. The lowest BCUT2D eigenvalue weighted by molar-refractivity contribution is 0.0564. The van der Waals surface area contributed by atoms with Gasteiger partial charge < -0.3 is 19.7 Å². The predicted octanol–water partition coefficient (Wildman–Crippen LogP) is 4.93. The lowest BCUT2D eigenvalue weighted by Gasteiger charge is -2.12. The molecule has 0 saturated carbocycles. The van der Waals surface area contributed by atoms with Crippen molar-refractivity contribution in [3.8, 4) is 0 Å². The van der Waals surface area contributed by atoms with Crippen molar-refractivity contribution in [2.24, 2.45) is 0 Å². The topological polar surface area (TPSA) is 86.3 Å². The van der Waals surface area contributed by atoms with Gasteiger partial charge in [0, 0.05) is 13.2 Å². The van der Waals surface area contributed by atoms with Crippen molar-refractivity contribution in [3.63, 3.8) is 0 Å². The third-order valence-corrected chi connectivity index (χ3v) is 4.77. The molecule has 0 bridgehead atoms. The Morgan fingerprint density at radius 2 is 1.07 bits per heavy atom. The molecule has 0 fully saturated rings. The zero-order valence-electron chi connectivity index (χ0n) is 18.7. The van der Waals surface area contributed by atoms with Crippen LogP contribution in [0.25, 0.3) is 0 Å². The van der Waals surface area contributed by atoms with E-state index in [2.05, 4.69) is 33.0 Å². The number of rotatable bonds is 20. The number of hydrogen-bond acceptors (Lipinski definition) is 6. The monoisotopic (exact) mass is 427 g/mol. The molecular weight excluding hydrogens is 381 g/mol. The van der Waals surface area contributed by atoms with Crippen LogP contribution in [-0.4, -0.2) is 57.6 Å². The Morgan fingerprint density at radius 1 is 0.643 bits per heavy atom. The molecule has 0 aliphatic heterocycles. The Hall–Kier alpha value is -0.0100. The van der Waals surface area contributed by atoms with Gasteiger partial charge >= 0.3 is 7.82 Å². The summed E-state index contributed by atoms with van der Waals surface area (Å²) in [5, 5.41) is 3.11. The van der Waals surface area contributed by atoms with E-state index in [1.807, 2.05) is 0 Å². The van der Waals surface area contributed by atoms with E-state index in [-0.39, 0.29) is 13.2 Å². The summed E-state index contributed by atoms with van der Waals surface area (Å²) in [7, 11) is -3.98. The molecule has 0 heterocycles. The van der Waals surface area contributed by atoms with Gasteiger partial charge in [-0.05, 0) is 25.9 Å². The molecule has 7 nitrogen and oxygen atoms in total. The third-order valence-electron chi connectivity index (χ3n) is 3.75. The molecule has 2 N–H and O–H groups in total. The average molecular weight is 428 g/mol. The van der Waals surface area contributed by atoms with Crippen LogP contribution in [0.5, 0.6) is 0 Å². The summed E-state index contributed by atoms with van der Waals surface area (Å²) in [4.78, 5) is 9.46. The van der Waals surface area contributed by atoms with E-state index in [4.69, 9.17) is 18.5 Å². The van der Waals surface area contributed by atoms with E-state index >= 15 is 0 Å². The fourth-order valence-corrected chi connectivity index (χ4v) is 2.86. The molecule has 0 spiro atoms. The Labute approximate surface area is 173 Å². The van der Waals surface area contributed by atoms with Crippen LogP contribution in [0.2, 0.25) is 0 Å². The second-order valence-corrected chi connectivity index (χ2v) is 7.89. The third kappa shape index (κ3) is 28.2. The first-order chi connectivity index (χ1) is 13.5. The lowest BCUT2D eigenvalue weighted by atomic mass is 10.2. The second kappa shape index (κ2) is 25.0. The molecule has 28 heavy (non-hydrogen) atoms. The standard InChI is InChI=1S/C16H35O6P.C4H11N/c1-3-5-7-9-11-19-13-15-21-23(17,18)22-16-14-20-12-10-8-6-4-2;1-3-5-4-2/h3-16H2,1-2H3,(H,17,18);5H,3-4H2,1-2H3. The van der Waals surface area contributed by atoms with E-state index < -0.39 is 7.82 Å². The van der Waals surface area contributed by atoms with Crippen LogP contribution in [-0.2, 0) is 23.1 Å². The molecular formula is C20H46NO6P. The van der Waals surface area contributed by atoms with Crippen LogP contribution in [0, 0.1) is 0 Å². The number of hydrogen-bond donors (Lipinski definition) is 2. The van der Waals surface area contributed by atoms with Crippen molar-refractivity contribution >= 4 is 7.82 Å². The van der Waals surface area contributed by atoms with Gasteiger partial charge in [-0.25, -0.2) is 4.57 Å². The van der Waals surface area contributed by atoms with Gasteiger partial charge in [-0.2, -0.15) is 0 Å². The van der Waals surface area contributed by atoms with Crippen LogP contribution >= 0.6 is 7.82 Å². The summed E-state index contributed by atoms with van der Waals surface area (Å²) in [6.07, 6.45) is 9.12. The summed E-state index contributed by atoms with van der Waals surface area (Å²) in [5.41, 5.74) is 0. The van der Waals surface area contributed by atoms with Crippen molar-refractivity contribution in [1.82, 2.24) is 5.32 Å². The molecule has 0 saturated heterocycles. The Balaban J connectivity index is 0. The average Bonchev–Trinajstić information content (AvgIpc) is 2.67. The smallest absolute Gasteiger partial charge is 0.379 e. The Bertz CT molecular complexity index is 308. The zero-order valence-corrected chi connectivity index (χ0v) is 19.6. The highest BCUT2D eigenvalue weighted by Crippen LogP contribution is 2.42. The minimum atomic E-state index is -3.98. The Kier molecular flexibility index (Phi) is 27.0. The molecule has 0 atom stereocenters. The highest BCUT2D eigenvalue weighted by atomic mass is 31.2. The van der Waals surface area contributed by atoms with E-state index in [1.165, 1.54) is 25.7 Å². The molecule has 0 aromatic rings. The normalized spacial score (nSPS) is 11.3. The zero-order chi connectivity index (χ0) is 21.3. The minimum absolute atomic E-state index is 0.0550. The highest BCUT2D eigenvalue weighted by molar-refractivity contribution is 7.47. The first kappa shape index (κ1) is 30.2. The fraction of sp³-hybridized carbons (Fsp3) is 1.00. The molecule has 8 heteroatoms. The number of unbranched alkanes of at least 4 members (excludes halogenated alkanes) is 6. The van der Waals surface area contributed by atoms with E-state index in [1.54, 1.807) is 0 Å². The molecule has 0 aromatic heterocycles. The molecule has 0 aromatic carbocycles. The van der Waals surface area contributed by atoms with E-state index in [9.17, 15) is 9.46 Å². The van der Waals surface area contributed by atoms with Crippen LogP contribution in [0.4, 0.5) is 0 Å². The van der Waals surface area contributed by atoms with Crippen LogP contribution in [0.15, 0.2) is 0 Å². The number of phosphoric acid groups is 1. The van der Waals surface area contributed by atoms with Gasteiger partial charge in [-0.1, -0.05) is 66.2 Å². The summed E-state index contributed by atoms with van der Waals surface area (Å²) in [5.74, 6) is 0. The van der Waals surface area contributed by atoms with Gasteiger partial charge in [0.15, 0.2) is 0 Å². The highest BCUT2D eigenvalue weighted by Gasteiger charge is 2.20. The van der Waals surface area contributed by atoms with E-state index in [0.717, 1.165) is 38.8 Å². The summed E-state index contributed by atoms with van der Waals surface area (Å²) < 4.78 is 31.9. The lowest BCUT2D eigenvalue weighted by Crippen LogP contribution is -2.09. The quantitative estimate of drug-likeness (QED) is 0.210. The molecule has 0 aliphatic rings. The van der Waals surface area contributed by atoms with Gasteiger partial charge in [-0.3, -0.25) is 9.05 Å². The van der Waals surface area contributed by atoms with Crippen molar-refractivity contribution in [2.45, 2.75) is 79.1 Å². The first-order valence-electron chi connectivity index (χ1n) is 11.0. The van der Waals surface area contributed by atoms with E-state index in [0.29, 0.717) is 26.4 Å². The number of phosphoric ester groups is 1. The summed E-state index contributed by atoms with van der Waals surface area (Å²) >= 11 is 0. The molecule has 0 rings (SSSR count). The molecule has 172 valence electrons. The number of nitrogens with one attached hydrogen (secondary N) is 1. The number of ether oxygens (including phenoxy) is 2. The van der Waals surface area contributed by atoms with Crippen molar-refractivity contribution < 1.29 is 28.0 Å². The van der Waals surface area contributed by atoms with Gasteiger partial charge in [0.25, 0.3) is 0 Å². The van der Waals surface area contributed by atoms with Gasteiger partial charge in [0.05, 0.1) is 26.4 Å². The van der Waals surface area contributed by atoms with Crippen molar-refractivity contribution in [1.29, 1.82) is 0 Å². The maximum atomic E-state index is 11.6. The maximum Gasteiger partial charge on any atom is 0.472 e. The SMILES string of the molecule is CCCCCCOCCOP(=O)(O)OCCOCCCCCC.CCNCC. The summed E-state index contributed by atoms with van der Waals surface area (Å²) in [6.45, 7) is 12.7. The van der Waals surface area contributed by atoms with Gasteiger partial charge in [0.1, 0.15) is 0 Å². The predicted molar refractivity (Wildman–Crippen MR) is 116 cm³/mol. The van der Waals surface area contributed by atoms with Crippen LogP contribution < -0.4 is 5.32 Å². The second-order valence-electron chi connectivity index (χ2n) is 6.44. The van der Waals surface area contributed by atoms with Crippen molar-refractivity contribution in [3.05, 3.63) is 0 Å². The molecule has 0 aliphatic carbocycles. The summed E-state index contributed by atoms with van der Waals surface area (Å²) in [6, 6.07) is 0. The Morgan fingerprint density at radius 3 is 1.39 bits per heavy atom. The van der Waals surface area contributed by atoms with Crippen molar-refractivity contribution in [2.75, 3.05) is 52.7 Å². The largest absolute Gasteiger partial charge is 0.472 e. The first-order valence-corrected chi connectivity index (χ1v) is 12.5.